The minimum absolute atomic E-state index is 0.0376. The van der Waals surface area contributed by atoms with Gasteiger partial charge in [0.25, 0.3) is 5.91 Å². The van der Waals surface area contributed by atoms with Crippen LogP contribution >= 0.6 is 0 Å². The van der Waals surface area contributed by atoms with E-state index < -0.39 is 10.0 Å². The Bertz CT molecular complexity index is 983. The first-order chi connectivity index (χ1) is 14.9. The number of nitrogens with one attached hydrogen (secondary N) is 2. The van der Waals surface area contributed by atoms with E-state index >= 15 is 0 Å². The summed E-state index contributed by atoms with van der Waals surface area (Å²) in [5.74, 6) is 0.587. The molecule has 31 heavy (non-hydrogen) atoms. The van der Waals surface area contributed by atoms with E-state index in [-0.39, 0.29) is 17.1 Å². The van der Waals surface area contributed by atoms with Crippen LogP contribution in [0.1, 0.15) is 42.1 Å². The summed E-state index contributed by atoms with van der Waals surface area (Å²) in [6.07, 6.45) is 2.12. The fourth-order valence-corrected chi connectivity index (χ4v) is 4.97. The van der Waals surface area contributed by atoms with Gasteiger partial charge in [-0.15, -0.1) is 0 Å². The van der Waals surface area contributed by atoms with Gasteiger partial charge in [-0.3, -0.25) is 9.52 Å². The highest BCUT2D eigenvalue weighted by atomic mass is 32.2. The molecule has 7 nitrogen and oxygen atoms in total. The monoisotopic (exact) mass is 446 g/mol. The van der Waals surface area contributed by atoms with Crippen LogP contribution < -0.4 is 14.8 Å². The average Bonchev–Trinajstić information content (AvgIpc) is 2.78. The van der Waals surface area contributed by atoms with Crippen molar-refractivity contribution in [3.63, 3.8) is 0 Å². The Morgan fingerprint density at radius 3 is 2.48 bits per heavy atom. The van der Waals surface area contributed by atoms with Crippen molar-refractivity contribution < 1.29 is 22.7 Å². The molecule has 0 radical (unpaired) electrons. The molecule has 2 N–H and O–H groups in total. The molecule has 8 heteroatoms. The Balaban J connectivity index is 1.73. The maximum atomic E-state index is 12.9. The van der Waals surface area contributed by atoms with E-state index in [9.17, 15) is 13.2 Å². The van der Waals surface area contributed by atoms with Crippen LogP contribution in [0.25, 0.3) is 0 Å². The van der Waals surface area contributed by atoms with Gasteiger partial charge in [0.05, 0.1) is 12.9 Å². The molecule has 1 saturated heterocycles. The molecule has 0 unspecified atom stereocenters. The van der Waals surface area contributed by atoms with Crippen LogP contribution in [0.4, 0.5) is 5.69 Å². The summed E-state index contributed by atoms with van der Waals surface area (Å²) in [4.78, 5) is 12.9. The highest BCUT2D eigenvalue weighted by molar-refractivity contribution is 7.92. The van der Waals surface area contributed by atoms with E-state index in [1.807, 2.05) is 24.3 Å². The second-order valence-corrected chi connectivity index (χ2v) is 9.65. The molecule has 0 aromatic heterocycles. The molecule has 0 spiro atoms. The molecule has 1 heterocycles. The average molecular weight is 447 g/mol. The van der Waals surface area contributed by atoms with Gasteiger partial charge in [-0.2, -0.15) is 0 Å². The van der Waals surface area contributed by atoms with Crippen molar-refractivity contribution in [1.29, 1.82) is 0 Å². The molecule has 1 fully saturated rings. The van der Waals surface area contributed by atoms with Crippen molar-refractivity contribution in [2.75, 3.05) is 37.3 Å². The Hall–Kier alpha value is -2.58. The van der Waals surface area contributed by atoms with Crippen LogP contribution in [-0.4, -0.2) is 46.9 Å². The van der Waals surface area contributed by atoms with Crippen molar-refractivity contribution in [1.82, 2.24) is 5.32 Å². The van der Waals surface area contributed by atoms with Crippen LogP contribution in [0.3, 0.4) is 0 Å². The number of carbonyl (C=O) groups is 1. The summed E-state index contributed by atoms with van der Waals surface area (Å²) in [7, 11) is -1.78. The summed E-state index contributed by atoms with van der Waals surface area (Å²) in [5, 5.41) is 3.05. The third-order valence-corrected chi connectivity index (χ3v) is 7.10. The second-order valence-electron chi connectivity index (χ2n) is 7.81. The van der Waals surface area contributed by atoms with Gasteiger partial charge in [-0.25, -0.2) is 8.42 Å². The number of anilines is 1. The van der Waals surface area contributed by atoms with Crippen LogP contribution in [0.15, 0.2) is 48.5 Å². The zero-order valence-electron chi connectivity index (χ0n) is 18.0. The zero-order valence-corrected chi connectivity index (χ0v) is 18.8. The summed E-state index contributed by atoms with van der Waals surface area (Å²) in [6, 6.07) is 14.5. The van der Waals surface area contributed by atoms with Gasteiger partial charge < -0.3 is 14.8 Å². The Labute approximate surface area is 184 Å². The topological polar surface area (TPSA) is 93.7 Å². The highest BCUT2D eigenvalue weighted by Gasteiger charge is 2.35. The first kappa shape index (κ1) is 23.1. The van der Waals surface area contributed by atoms with E-state index in [2.05, 4.69) is 10.0 Å². The molecule has 3 rings (SSSR count). The van der Waals surface area contributed by atoms with Gasteiger partial charge in [0.15, 0.2) is 0 Å². The fourth-order valence-electron chi connectivity index (χ4n) is 3.85. The third-order valence-electron chi connectivity index (χ3n) is 5.61. The van der Waals surface area contributed by atoms with Crippen molar-refractivity contribution in [2.24, 2.45) is 0 Å². The fraction of sp³-hybridized carbons (Fsp3) is 0.435. The lowest BCUT2D eigenvalue weighted by Crippen LogP contribution is -2.44. The zero-order chi connectivity index (χ0) is 22.3. The molecule has 0 bridgehead atoms. The third kappa shape index (κ3) is 5.98. The number of rotatable bonds is 9. The van der Waals surface area contributed by atoms with Crippen LogP contribution in [0.5, 0.6) is 5.75 Å². The summed E-state index contributed by atoms with van der Waals surface area (Å²) in [6.45, 7) is 3.54. The summed E-state index contributed by atoms with van der Waals surface area (Å²) >= 11 is 0. The molecule has 2 aromatic carbocycles. The van der Waals surface area contributed by atoms with Crippen molar-refractivity contribution in [3.05, 3.63) is 59.7 Å². The number of amides is 1. The van der Waals surface area contributed by atoms with E-state index in [0.717, 1.165) is 24.2 Å². The van der Waals surface area contributed by atoms with Gasteiger partial charge in [0.1, 0.15) is 5.75 Å². The summed E-state index contributed by atoms with van der Waals surface area (Å²) in [5.41, 5.74) is 1.71. The molecule has 168 valence electrons. The SMILES string of the molecule is CCCS(=O)(=O)Nc1cccc(C(=O)NCC2(c3ccc(OC)cc3)CCOCC2)c1. The predicted molar refractivity (Wildman–Crippen MR) is 121 cm³/mol. The second kappa shape index (κ2) is 10.2. The lowest BCUT2D eigenvalue weighted by molar-refractivity contribution is 0.0487. The minimum Gasteiger partial charge on any atom is -0.497 e. The maximum Gasteiger partial charge on any atom is 0.251 e. The first-order valence-electron chi connectivity index (χ1n) is 10.5. The van der Waals surface area contributed by atoms with E-state index in [1.165, 1.54) is 0 Å². The Kier molecular flexibility index (Phi) is 7.56. The number of methoxy groups -OCH3 is 1. The van der Waals surface area contributed by atoms with Crippen LogP contribution in [-0.2, 0) is 20.2 Å². The lowest BCUT2D eigenvalue weighted by atomic mass is 9.74. The molecule has 0 atom stereocenters. The highest BCUT2D eigenvalue weighted by Crippen LogP contribution is 2.35. The lowest BCUT2D eigenvalue weighted by Gasteiger charge is -2.38. The molecule has 1 aliphatic heterocycles. The number of hydrogen-bond acceptors (Lipinski definition) is 5. The van der Waals surface area contributed by atoms with Gasteiger partial charge >= 0.3 is 0 Å². The smallest absolute Gasteiger partial charge is 0.251 e. The van der Waals surface area contributed by atoms with Gasteiger partial charge in [-0.1, -0.05) is 25.1 Å². The number of carbonyl (C=O) groups excluding carboxylic acids is 1. The van der Waals surface area contributed by atoms with E-state index in [0.29, 0.717) is 37.4 Å². The molecule has 1 aliphatic rings. The number of ether oxygens (including phenoxy) is 2. The van der Waals surface area contributed by atoms with Crippen LogP contribution in [0, 0.1) is 0 Å². The molecular weight excluding hydrogens is 416 g/mol. The standard InChI is InChI=1S/C23H30N2O5S/c1-3-15-31(27,28)25-20-6-4-5-18(16-20)22(26)24-17-23(11-13-30-14-12-23)19-7-9-21(29-2)10-8-19/h4-10,16,25H,3,11-15,17H2,1-2H3,(H,24,26). The molecule has 0 saturated carbocycles. The van der Waals surface area contributed by atoms with E-state index in [4.69, 9.17) is 9.47 Å². The largest absolute Gasteiger partial charge is 0.497 e. The number of sulfonamides is 1. The molecule has 1 amide bonds. The first-order valence-corrected chi connectivity index (χ1v) is 12.1. The maximum absolute atomic E-state index is 12.9. The normalized spacial score (nSPS) is 15.8. The van der Waals surface area contributed by atoms with Crippen molar-refractivity contribution in [3.8, 4) is 5.75 Å². The molecule has 2 aromatic rings. The van der Waals surface area contributed by atoms with Gasteiger partial charge in [-0.05, 0) is 55.2 Å². The number of hydrogen-bond donors (Lipinski definition) is 2. The quantitative estimate of drug-likeness (QED) is 0.616. The Morgan fingerprint density at radius 1 is 1.13 bits per heavy atom. The number of benzene rings is 2. The minimum atomic E-state index is -3.41. The molecular formula is C23H30N2O5S. The van der Waals surface area contributed by atoms with E-state index in [1.54, 1.807) is 38.3 Å². The van der Waals surface area contributed by atoms with Crippen molar-refractivity contribution >= 4 is 21.6 Å². The Morgan fingerprint density at radius 2 is 1.84 bits per heavy atom. The van der Waals surface area contributed by atoms with Crippen LogP contribution in [0.2, 0.25) is 0 Å². The molecule has 0 aliphatic carbocycles. The summed E-state index contributed by atoms with van der Waals surface area (Å²) < 4.78 is 37.4. The predicted octanol–water partition coefficient (Wildman–Crippen LogP) is 3.33. The van der Waals surface area contributed by atoms with Gasteiger partial charge in [0.2, 0.25) is 10.0 Å². The van der Waals surface area contributed by atoms with Gasteiger partial charge in [0, 0.05) is 36.4 Å². The van der Waals surface area contributed by atoms with Crippen molar-refractivity contribution in [2.45, 2.75) is 31.6 Å².